The Bertz CT molecular complexity index is 361. The van der Waals surface area contributed by atoms with Crippen LogP contribution >= 0.6 is 0 Å². The van der Waals surface area contributed by atoms with Crippen molar-refractivity contribution in [3.05, 3.63) is 23.8 Å². The standard InChI is InChI=1S/C11H15F3N2/c1-3-7(2)16-10-5-4-8(15)6-9(10)11(12,13)14/h4-7,16H,3,15H2,1-2H3. The van der Waals surface area contributed by atoms with E-state index in [2.05, 4.69) is 5.32 Å². The number of nitrogens with two attached hydrogens (primary N) is 1. The average molecular weight is 232 g/mol. The van der Waals surface area contributed by atoms with Crippen molar-refractivity contribution in [2.45, 2.75) is 32.5 Å². The molecule has 1 aromatic rings. The van der Waals surface area contributed by atoms with E-state index in [1.165, 1.54) is 12.1 Å². The summed E-state index contributed by atoms with van der Waals surface area (Å²) in [7, 11) is 0. The highest BCUT2D eigenvalue weighted by Crippen LogP contribution is 2.36. The fraction of sp³-hybridized carbons (Fsp3) is 0.455. The largest absolute Gasteiger partial charge is 0.418 e. The van der Waals surface area contributed by atoms with Crippen LogP contribution in [0, 0.1) is 0 Å². The van der Waals surface area contributed by atoms with Crippen LogP contribution in [0.3, 0.4) is 0 Å². The topological polar surface area (TPSA) is 38.0 Å². The van der Waals surface area contributed by atoms with E-state index in [4.69, 9.17) is 5.73 Å². The van der Waals surface area contributed by atoms with Crippen molar-refractivity contribution in [1.29, 1.82) is 0 Å². The molecule has 0 aliphatic heterocycles. The van der Waals surface area contributed by atoms with Crippen molar-refractivity contribution in [2.24, 2.45) is 0 Å². The lowest BCUT2D eigenvalue weighted by atomic mass is 10.1. The van der Waals surface area contributed by atoms with Crippen LogP contribution in [-0.2, 0) is 6.18 Å². The summed E-state index contributed by atoms with van der Waals surface area (Å²) in [5, 5.41) is 2.82. The predicted octanol–water partition coefficient (Wildman–Crippen LogP) is 3.50. The second-order valence-electron chi connectivity index (χ2n) is 3.76. The number of hydrogen-bond donors (Lipinski definition) is 2. The Balaban J connectivity index is 3.08. The summed E-state index contributed by atoms with van der Waals surface area (Å²) in [6.07, 6.45) is -3.63. The Morgan fingerprint density at radius 1 is 1.38 bits per heavy atom. The minimum atomic E-state index is -4.38. The van der Waals surface area contributed by atoms with E-state index in [-0.39, 0.29) is 17.4 Å². The molecule has 0 bridgehead atoms. The van der Waals surface area contributed by atoms with Crippen molar-refractivity contribution in [3.63, 3.8) is 0 Å². The third kappa shape index (κ3) is 3.05. The second-order valence-corrected chi connectivity index (χ2v) is 3.76. The number of benzene rings is 1. The van der Waals surface area contributed by atoms with Gasteiger partial charge in [-0.1, -0.05) is 6.92 Å². The predicted molar refractivity (Wildman–Crippen MR) is 59.2 cm³/mol. The average Bonchev–Trinajstić information content (AvgIpc) is 2.19. The zero-order valence-corrected chi connectivity index (χ0v) is 9.23. The molecule has 16 heavy (non-hydrogen) atoms. The van der Waals surface area contributed by atoms with Gasteiger partial charge in [0.1, 0.15) is 0 Å². The van der Waals surface area contributed by atoms with Gasteiger partial charge in [-0.2, -0.15) is 13.2 Å². The molecule has 2 nitrogen and oxygen atoms in total. The maximum Gasteiger partial charge on any atom is 0.418 e. The van der Waals surface area contributed by atoms with Crippen LogP contribution in [0.5, 0.6) is 0 Å². The van der Waals surface area contributed by atoms with E-state index in [1.54, 1.807) is 0 Å². The Labute approximate surface area is 92.6 Å². The van der Waals surface area contributed by atoms with Gasteiger partial charge in [0, 0.05) is 17.4 Å². The molecule has 0 saturated heterocycles. The van der Waals surface area contributed by atoms with Gasteiger partial charge in [-0.15, -0.1) is 0 Å². The van der Waals surface area contributed by atoms with E-state index >= 15 is 0 Å². The molecule has 1 rings (SSSR count). The maximum absolute atomic E-state index is 12.7. The third-order valence-electron chi connectivity index (χ3n) is 2.36. The molecular weight excluding hydrogens is 217 g/mol. The lowest BCUT2D eigenvalue weighted by Crippen LogP contribution is -2.18. The maximum atomic E-state index is 12.7. The monoisotopic (exact) mass is 232 g/mol. The van der Waals surface area contributed by atoms with Crippen LogP contribution in [0.2, 0.25) is 0 Å². The Hall–Kier alpha value is -1.39. The quantitative estimate of drug-likeness (QED) is 0.783. The summed E-state index contributed by atoms with van der Waals surface area (Å²) in [6.45, 7) is 3.73. The Morgan fingerprint density at radius 3 is 2.50 bits per heavy atom. The van der Waals surface area contributed by atoms with Crippen molar-refractivity contribution < 1.29 is 13.2 Å². The summed E-state index contributed by atoms with van der Waals surface area (Å²) in [5.74, 6) is 0. The van der Waals surface area contributed by atoms with Crippen LogP contribution in [0.25, 0.3) is 0 Å². The van der Waals surface area contributed by atoms with Gasteiger partial charge in [-0.05, 0) is 31.5 Å². The van der Waals surface area contributed by atoms with Gasteiger partial charge in [0.2, 0.25) is 0 Å². The number of nitrogens with one attached hydrogen (secondary N) is 1. The van der Waals surface area contributed by atoms with Crippen molar-refractivity contribution in [1.82, 2.24) is 0 Å². The van der Waals surface area contributed by atoms with Gasteiger partial charge in [0.25, 0.3) is 0 Å². The SMILES string of the molecule is CCC(C)Nc1ccc(N)cc1C(F)(F)F. The number of nitrogen functional groups attached to an aromatic ring is 1. The first-order valence-electron chi connectivity index (χ1n) is 5.08. The van der Waals surface area contributed by atoms with Crippen molar-refractivity contribution in [3.8, 4) is 0 Å². The van der Waals surface area contributed by atoms with Gasteiger partial charge in [0.05, 0.1) is 5.56 Å². The molecule has 0 radical (unpaired) electrons. The van der Waals surface area contributed by atoms with Crippen LogP contribution in [0.1, 0.15) is 25.8 Å². The number of alkyl halides is 3. The summed E-state index contributed by atoms with van der Waals surface area (Å²) >= 11 is 0. The highest BCUT2D eigenvalue weighted by molar-refractivity contribution is 5.59. The zero-order chi connectivity index (χ0) is 12.3. The highest BCUT2D eigenvalue weighted by Gasteiger charge is 2.33. The van der Waals surface area contributed by atoms with Gasteiger partial charge in [-0.3, -0.25) is 0 Å². The van der Waals surface area contributed by atoms with Crippen LogP contribution in [-0.4, -0.2) is 6.04 Å². The van der Waals surface area contributed by atoms with Crippen LogP contribution in [0.4, 0.5) is 24.5 Å². The molecule has 1 aromatic carbocycles. The highest BCUT2D eigenvalue weighted by atomic mass is 19.4. The van der Waals surface area contributed by atoms with Crippen LogP contribution < -0.4 is 11.1 Å². The molecule has 1 unspecified atom stereocenters. The summed E-state index contributed by atoms with van der Waals surface area (Å²) < 4.78 is 38.1. The van der Waals surface area contributed by atoms with E-state index in [1.807, 2.05) is 13.8 Å². The molecule has 0 spiro atoms. The molecule has 0 amide bonds. The molecular formula is C11H15F3N2. The molecule has 0 aliphatic carbocycles. The molecule has 5 heteroatoms. The zero-order valence-electron chi connectivity index (χ0n) is 9.23. The molecule has 90 valence electrons. The number of halogens is 3. The minimum absolute atomic E-state index is 0.00951. The normalized spacial score (nSPS) is 13.6. The van der Waals surface area contributed by atoms with Gasteiger partial charge in [0.15, 0.2) is 0 Å². The fourth-order valence-electron chi connectivity index (χ4n) is 1.29. The Kier molecular flexibility index (Phi) is 3.67. The molecule has 3 N–H and O–H groups in total. The minimum Gasteiger partial charge on any atom is -0.399 e. The van der Waals surface area contributed by atoms with Crippen molar-refractivity contribution >= 4 is 11.4 Å². The molecule has 0 aromatic heterocycles. The van der Waals surface area contributed by atoms with E-state index in [0.717, 1.165) is 12.5 Å². The summed E-state index contributed by atoms with van der Waals surface area (Å²) in [4.78, 5) is 0. The molecule has 0 fully saturated rings. The first kappa shape index (κ1) is 12.7. The third-order valence-corrected chi connectivity index (χ3v) is 2.36. The van der Waals surface area contributed by atoms with E-state index in [9.17, 15) is 13.2 Å². The summed E-state index contributed by atoms with van der Waals surface area (Å²) in [5.41, 5.74) is 4.84. The molecule has 0 saturated carbocycles. The van der Waals surface area contributed by atoms with E-state index < -0.39 is 11.7 Å². The molecule has 0 aliphatic rings. The van der Waals surface area contributed by atoms with Crippen molar-refractivity contribution in [2.75, 3.05) is 11.1 Å². The smallest absolute Gasteiger partial charge is 0.399 e. The fourth-order valence-corrected chi connectivity index (χ4v) is 1.29. The number of hydrogen-bond acceptors (Lipinski definition) is 2. The second kappa shape index (κ2) is 4.63. The van der Waals surface area contributed by atoms with Gasteiger partial charge in [-0.25, -0.2) is 0 Å². The lowest BCUT2D eigenvalue weighted by Gasteiger charge is -2.18. The lowest BCUT2D eigenvalue weighted by molar-refractivity contribution is -0.136. The molecule has 1 atom stereocenters. The first-order chi connectivity index (χ1) is 7.34. The van der Waals surface area contributed by atoms with Crippen LogP contribution in [0.15, 0.2) is 18.2 Å². The van der Waals surface area contributed by atoms with E-state index in [0.29, 0.717) is 0 Å². The van der Waals surface area contributed by atoms with Gasteiger partial charge >= 0.3 is 6.18 Å². The molecule has 0 heterocycles. The number of rotatable bonds is 3. The first-order valence-corrected chi connectivity index (χ1v) is 5.08. The van der Waals surface area contributed by atoms with Gasteiger partial charge < -0.3 is 11.1 Å². The summed E-state index contributed by atoms with van der Waals surface area (Å²) in [6, 6.07) is 3.76. The number of anilines is 2. The Morgan fingerprint density at radius 2 is 2.00 bits per heavy atom.